The molecule has 0 bridgehead atoms. The van der Waals surface area contributed by atoms with Gasteiger partial charge >= 0.3 is 5.97 Å². The molecule has 38 heteroatoms. The van der Waals surface area contributed by atoms with Crippen LogP contribution in [0.1, 0.15) is 29.5 Å². The minimum Gasteiger partial charge on any atom is -0.463 e. The highest BCUT2D eigenvalue weighted by atomic mass is 16.7. The maximum atomic E-state index is 15.3. The summed E-state index contributed by atoms with van der Waals surface area (Å²) in [6, 6.07) is 8.69. The Morgan fingerprint density at radius 3 is 1.79 bits per heavy atom. The van der Waals surface area contributed by atoms with Gasteiger partial charge in [0.25, 0.3) is 0 Å². The van der Waals surface area contributed by atoms with E-state index in [1.807, 2.05) is 0 Å². The average molecular weight is 1410 g/mol. The van der Waals surface area contributed by atoms with Crippen LogP contribution in [-0.4, -0.2) is 317 Å². The monoisotopic (exact) mass is 1410 g/mol. The highest BCUT2D eigenvalue weighted by Crippen LogP contribution is 2.33. The number of nitrogens with zero attached hydrogens (tertiary/aromatic N) is 3. The number of carbonyl (C=O) groups is 7. The molecule has 38 nitrogen and oxygen atoms in total. The van der Waals surface area contributed by atoms with Gasteiger partial charge in [0.2, 0.25) is 41.7 Å². The van der Waals surface area contributed by atoms with Crippen LogP contribution >= 0.6 is 0 Å². The normalized spacial score (nSPS) is 35.1. The van der Waals surface area contributed by atoms with Crippen LogP contribution in [0.4, 0.5) is 0 Å². The van der Waals surface area contributed by atoms with Crippen LogP contribution in [0, 0.1) is 0 Å². The Bertz CT molecular complexity index is 3370. The Kier molecular flexibility index (Phi) is 25.7. The topological polar surface area (TPSA) is 602 Å². The fraction of sp³-hybridized carbons (Fsp3) is 0.565. The summed E-state index contributed by atoms with van der Waals surface area (Å²) in [5.74, 6) is -10.1. The smallest absolute Gasteiger partial charge is 0.310 e. The Morgan fingerprint density at radius 2 is 1.15 bits per heavy atom. The molecular formula is C62H84N12O26. The van der Waals surface area contributed by atoms with Crippen molar-refractivity contribution in [2.45, 2.75) is 172 Å². The summed E-state index contributed by atoms with van der Waals surface area (Å²) in [4.78, 5) is 112. The predicted molar refractivity (Wildman–Crippen MR) is 337 cm³/mol. The van der Waals surface area contributed by atoms with E-state index in [1.54, 1.807) is 67.6 Å². The first-order valence-corrected chi connectivity index (χ1v) is 31.9. The zero-order valence-corrected chi connectivity index (χ0v) is 53.5. The molecule has 6 aliphatic rings. The van der Waals surface area contributed by atoms with Gasteiger partial charge in [0.15, 0.2) is 24.4 Å². The number of nitrogens with one attached hydrogen (secondary N) is 7. The van der Waals surface area contributed by atoms with Crippen LogP contribution in [0.2, 0.25) is 0 Å². The van der Waals surface area contributed by atoms with Crippen molar-refractivity contribution < 1.29 is 128 Å². The van der Waals surface area contributed by atoms with E-state index >= 15 is 19.2 Å². The predicted octanol–water partition coefficient (Wildman–Crippen LogP) is -11.8. The molecule has 6 amide bonds. The highest BCUT2D eigenvalue weighted by Gasteiger charge is 2.54. The molecule has 3 aromatic rings. The summed E-state index contributed by atoms with van der Waals surface area (Å²) in [5.41, 5.74) is 13.4. The fourth-order valence-electron chi connectivity index (χ4n) is 12.2. The van der Waals surface area contributed by atoms with E-state index in [4.69, 9.17) is 39.9 Å². The lowest BCUT2D eigenvalue weighted by atomic mass is 9.92. The molecule has 4 fully saturated rings. The first-order valence-electron chi connectivity index (χ1n) is 31.9. The first-order chi connectivity index (χ1) is 47.7. The van der Waals surface area contributed by atoms with Crippen LogP contribution < -0.4 is 53.4 Å². The standard InChI is InChI=1S/C62H84N12O26/c1-25(28-10-6-3-7-11-28)39-55(92)68-30(16-27-12-14-29(15-13-27)96-59-51(89)48(86)52(36(23-77)99-59)100-60-50(88)47(85)45(83)35(22-76)98-60)54(91)72-40(42(80)31-18-66-61(63)70-31)57(94)73-41(43(81)33-19-67-62(64)74(33)58-49(87)46(84)44(82)34(21-75)97-58)56(93)69-32(53(90)65-20-37(78)71-39)24-95-38(79)17-26-8-4-2-5-9-26/h2-15,25,30-36,39-52,58-60,75-77,80-89H,16-24H2,1H3,(H2,64,67)(H,65,90)(H,68,92)(H,69,93)(H,71,78)(H,72,91)(H,73,94)(H3,63,66,70)/t25?,30-,31?,32+,33?,34-,35-,36-,39+,40+,41-,42?,43?,44-,45-,46+,47+,48-,49+,50+,51+,52-,58+,59+,60-/m1/s1. The number of benzene rings is 3. The molecule has 0 aromatic heterocycles. The number of nitrogens with two attached hydrogens (primary N) is 2. The molecule has 0 saturated carbocycles. The van der Waals surface area contributed by atoms with Crippen LogP contribution in [0.25, 0.3) is 0 Å². The number of hydrogen-bond donors (Lipinski definition) is 22. The van der Waals surface area contributed by atoms with Crippen molar-refractivity contribution in [1.29, 1.82) is 0 Å². The summed E-state index contributed by atoms with van der Waals surface area (Å²) in [5, 5.41) is 159. The lowest BCUT2D eigenvalue weighted by Gasteiger charge is -2.46. The van der Waals surface area contributed by atoms with Gasteiger partial charge in [0, 0.05) is 12.3 Å². The van der Waals surface area contributed by atoms with Gasteiger partial charge in [-0.1, -0.05) is 79.7 Å². The second-order valence-corrected chi connectivity index (χ2v) is 24.7. The lowest BCUT2D eigenvalue weighted by Crippen LogP contribution is -2.70. The minimum absolute atomic E-state index is 0.0838. The molecule has 0 aliphatic carbocycles. The average Bonchev–Trinajstić information content (AvgIpc) is 1.45. The molecule has 548 valence electrons. The Morgan fingerprint density at radius 1 is 0.580 bits per heavy atom. The number of aliphatic hydroxyl groups excluding tert-OH is 13. The van der Waals surface area contributed by atoms with Crippen LogP contribution in [0.5, 0.6) is 5.75 Å². The number of aliphatic hydroxyl groups is 13. The number of amides is 6. The quantitative estimate of drug-likeness (QED) is 0.0467. The van der Waals surface area contributed by atoms with Gasteiger partial charge in [-0.25, -0.2) is 0 Å². The second-order valence-electron chi connectivity index (χ2n) is 24.7. The molecule has 100 heavy (non-hydrogen) atoms. The van der Waals surface area contributed by atoms with E-state index < -0.39 is 246 Å². The number of aliphatic imine (C=N–C) groups is 2. The SMILES string of the molecule is CC(c1ccccc1)[C@@H]1NC(=O)CNC(=O)[C@H](COC(=O)Cc2ccccc2)NC(=O)[C@@H](C(O)C2CN=C(N)N2[C@H]2O[C@H](CO)[C@@H](O)[C@H](O)[C@@H]2O)NC(=O)[C@H](C(O)C2CN=C(N)N2)NC(=O)[C@@H](Cc2ccc(O[C@H]3O[C@H](CO)[C@@H](O[C@H]4O[C@H](CO)[C@@H](O)[C@H](O)[C@@H]4O)[C@H](O)[C@@H]3O)cc2)NC1=O. The van der Waals surface area contributed by atoms with Crippen molar-refractivity contribution in [3.05, 3.63) is 102 Å². The number of carbonyl (C=O) groups excluding carboxylic acids is 7. The largest absolute Gasteiger partial charge is 0.463 e. The Balaban J connectivity index is 1.05. The van der Waals surface area contributed by atoms with Gasteiger partial charge < -0.3 is 148 Å². The molecule has 6 heterocycles. The number of ether oxygens (including phenoxy) is 6. The summed E-state index contributed by atoms with van der Waals surface area (Å²) < 4.78 is 33.9. The molecule has 9 rings (SSSR count). The molecule has 3 aromatic carbocycles. The molecule has 6 aliphatic heterocycles. The lowest BCUT2D eigenvalue weighted by molar-refractivity contribution is -0.352. The zero-order valence-electron chi connectivity index (χ0n) is 53.5. The van der Waals surface area contributed by atoms with Gasteiger partial charge in [-0.2, -0.15) is 0 Å². The van der Waals surface area contributed by atoms with Crippen molar-refractivity contribution in [2.24, 2.45) is 21.5 Å². The van der Waals surface area contributed by atoms with E-state index in [0.717, 1.165) is 4.90 Å². The zero-order chi connectivity index (χ0) is 72.4. The minimum atomic E-state index is -2.41. The third kappa shape index (κ3) is 17.7. The van der Waals surface area contributed by atoms with Crippen LogP contribution in [0.15, 0.2) is 94.9 Å². The summed E-state index contributed by atoms with van der Waals surface area (Å²) >= 11 is 0. The number of hydrogen-bond acceptors (Lipinski definition) is 32. The Labute approximate surface area is 569 Å². The van der Waals surface area contributed by atoms with Crippen molar-refractivity contribution in [3.8, 4) is 5.75 Å². The molecule has 0 radical (unpaired) electrons. The molecular weight excluding hydrogens is 1330 g/mol. The van der Waals surface area contributed by atoms with Gasteiger partial charge in [0.1, 0.15) is 128 Å². The molecule has 25 atom stereocenters. The highest BCUT2D eigenvalue weighted by molar-refractivity contribution is 5.98. The van der Waals surface area contributed by atoms with Gasteiger partial charge in [-0.3, -0.25) is 43.5 Å². The van der Waals surface area contributed by atoms with E-state index in [9.17, 15) is 80.8 Å². The van der Waals surface area contributed by atoms with Crippen molar-refractivity contribution in [2.75, 3.05) is 46.1 Å². The maximum Gasteiger partial charge on any atom is 0.310 e. The maximum absolute atomic E-state index is 15.3. The molecule has 0 spiro atoms. The van der Waals surface area contributed by atoms with E-state index in [-0.39, 0.29) is 30.2 Å². The molecule has 24 N–H and O–H groups in total. The van der Waals surface area contributed by atoms with E-state index in [1.165, 1.54) is 24.3 Å². The number of guanidine groups is 2. The molecule has 4 saturated heterocycles. The third-order valence-electron chi connectivity index (χ3n) is 17.9. The van der Waals surface area contributed by atoms with E-state index in [0.29, 0.717) is 11.1 Å². The van der Waals surface area contributed by atoms with E-state index in [2.05, 4.69) is 47.2 Å². The number of rotatable bonds is 20. The molecule has 5 unspecified atom stereocenters. The second kappa shape index (κ2) is 33.9. The summed E-state index contributed by atoms with van der Waals surface area (Å²) in [6.45, 7) is -3.91. The van der Waals surface area contributed by atoms with Gasteiger partial charge in [-0.05, 0) is 28.8 Å². The third-order valence-corrected chi connectivity index (χ3v) is 17.9. The Hall–Kier alpha value is -8.39. The number of esters is 1. The van der Waals surface area contributed by atoms with Gasteiger partial charge in [-0.15, -0.1) is 0 Å². The van der Waals surface area contributed by atoms with Crippen molar-refractivity contribution >= 4 is 53.3 Å². The van der Waals surface area contributed by atoms with Crippen molar-refractivity contribution in [3.63, 3.8) is 0 Å². The summed E-state index contributed by atoms with van der Waals surface area (Å²) in [6.07, 6.45) is -32.4. The van der Waals surface area contributed by atoms with Crippen LogP contribution in [-0.2, 0) is 70.1 Å². The van der Waals surface area contributed by atoms with Crippen LogP contribution in [0.3, 0.4) is 0 Å². The first kappa shape index (κ1) is 75.8. The van der Waals surface area contributed by atoms with Gasteiger partial charge in [0.05, 0.1) is 58.0 Å². The van der Waals surface area contributed by atoms with Crippen molar-refractivity contribution in [1.82, 2.24) is 42.1 Å². The summed E-state index contributed by atoms with van der Waals surface area (Å²) in [7, 11) is 0. The fourth-order valence-corrected chi connectivity index (χ4v) is 12.2.